The van der Waals surface area contributed by atoms with Crippen molar-refractivity contribution >= 4 is 22.6 Å². The van der Waals surface area contributed by atoms with Crippen LogP contribution >= 0.6 is 22.6 Å². The number of benzene rings is 1. The molecule has 2 aliphatic heterocycles. The number of nitrogens with zero attached hydrogens (tertiary/aromatic N) is 4. The zero-order valence-corrected chi connectivity index (χ0v) is 16.4. The normalized spacial score (nSPS) is 21.2. The molecule has 0 bridgehead atoms. The molecule has 1 aromatic heterocycles. The number of aromatic nitrogens is 2. The fraction of sp³-hybridized carbons (Fsp3) is 0.474. The third-order valence-electron chi connectivity index (χ3n) is 5.23. The van der Waals surface area contributed by atoms with Gasteiger partial charge in [0.15, 0.2) is 5.69 Å². The molecule has 4 rings (SSSR count). The van der Waals surface area contributed by atoms with Crippen molar-refractivity contribution in [2.45, 2.75) is 38.0 Å². The van der Waals surface area contributed by atoms with Crippen LogP contribution in [0.25, 0.3) is 0 Å². The molecule has 25 heavy (non-hydrogen) atoms. The van der Waals surface area contributed by atoms with E-state index in [-0.39, 0.29) is 12.2 Å². The highest BCUT2D eigenvalue weighted by Crippen LogP contribution is 2.35. The zero-order valence-electron chi connectivity index (χ0n) is 14.3. The lowest BCUT2D eigenvalue weighted by Gasteiger charge is -2.32. The summed E-state index contributed by atoms with van der Waals surface area (Å²) in [6.07, 6.45) is 3.02. The van der Waals surface area contributed by atoms with Crippen molar-refractivity contribution < 1.29 is 4.74 Å². The van der Waals surface area contributed by atoms with Crippen LogP contribution in [0, 0.1) is 15.0 Å². The van der Waals surface area contributed by atoms with E-state index in [0.717, 1.165) is 48.4 Å². The van der Waals surface area contributed by atoms with Gasteiger partial charge in [-0.1, -0.05) is 24.3 Å². The third-order valence-corrected chi connectivity index (χ3v) is 5.98. The van der Waals surface area contributed by atoms with Gasteiger partial charge in [-0.25, -0.2) is 4.98 Å². The number of imidazole rings is 1. The van der Waals surface area contributed by atoms with Crippen molar-refractivity contribution in [2.75, 3.05) is 20.1 Å². The molecule has 1 fully saturated rings. The number of piperidine rings is 1. The van der Waals surface area contributed by atoms with Crippen molar-refractivity contribution in [1.29, 1.82) is 5.26 Å². The Bertz CT molecular complexity index is 817. The van der Waals surface area contributed by atoms with Gasteiger partial charge < -0.3 is 14.2 Å². The van der Waals surface area contributed by atoms with E-state index in [1.165, 1.54) is 11.1 Å². The van der Waals surface area contributed by atoms with Crippen LogP contribution in [-0.2, 0) is 17.7 Å². The zero-order chi connectivity index (χ0) is 17.4. The van der Waals surface area contributed by atoms with Crippen molar-refractivity contribution in [1.82, 2.24) is 14.5 Å². The number of hydrogen-bond acceptors (Lipinski definition) is 4. The van der Waals surface area contributed by atoms with Gasteiger partial charge in [0, 0.05) is 19.6 Å². The summed E-state index contributed by atoms with van der Waals surface area (Å²) < 4.78 is 9.43. The van der Waals surface area contributed by atoms with E-state index in [2.05, 4.69) is 69.4 Å². The summed E-state index contributed by atoms with van der Waals surface area (Å²) in [5.41, 5.74) is 3.15. The second-order valence-electron chi connectivity index (χ2n) is 6.84. The van der Waals surface area contributed by atoms with Crippen molar-refractivity contribution in [3.8, 4) is 6.07 Å². The van der Waals surface area contributed by atoms with Gasteiger partial charge in [-0.05, 0) is 60.0 Å². The summed E-state index contributed by atoms with van der Waals surface area (Å²) in [5, 5.41) is 9.55. The second-order valence-corrected chi connectivity index (χ2v) is 7.86. The second kappa shape index (κ2) is 7.06. The fourth-order valence-corrected chi connectivity index (χ4v) is 4.47. The average Bonchev–Trinajstić information content (AvgIpc) is 2.87. The first-order valence-electron chi connectivity index (χ1n) is 8.75. The molecule has 3 heterocycles. The van der Waals surface area contributed by atoms with Gasteiger partial charge in [0.1, 0.15) is 21.7 Å². The number of rotatable bonds is 2. The number of halogens is 1. The highest BCUT2D eigenvalue weighted by Gasteiger charge is 2.32. The van der Waals surface area contributed by atoms with Crippen LogP contribution in [0.1, 0.15) is 41.6 Å². The van der Waals surface area contributed by atoms with Gasteiger partial charge in [-0.2, -0.15) is 5.26 Å². The predicted octanol–water partition coefficient (Wildman–Crippen LogP) is 3.12. The molecule has 2 aromatic rings. The van der Waals surface area contributed by atoms with Crippen LogP contribution in [0.15, 0.2) is 24.3 Å². The highest BCUT2D eigenvalue weighted by molar-refractivity contribution is 14.1. The molecule has 1 unspecified atom stereocenters. The Kier molecular flexibility index (Phi) is 4.80. The molecule has 0 radical (unpaired) electrons. The molecule has 0 N–H and O–H groups in total. The molecule has 1 saturated heterocycles. The molecular weight excluding hydrogens is 427 g/mol. The van der Waals surface area contributed by atoms with Crippen molar-refractivity contribution in [2.24, 2.45) is 0 Å². The first kappa shape index (κ1) is 17.0. The highest BCUT2D eigenvalue weighted by atomic mass is 127. The van der Waals surface area contributed by atoms with E-state index < -0.39 is 0 Å². The van der Waals surface area contributed by atoms with Crippen molar-refractivity contribution in [3.63, 3.8) is 0 Å². The average molecular weight is 448 g/mol. The van der Waals surface area contributed by atoms with Crippen LogP contribution in [0.2, 0.25) is 0 Å². The number of likely N-dealkylation sites (tertiary alicyclic amines) is 1. The van der Waals surface area contributed by atoms with Crippen LogP contribution in [0.3, 0.4) is 0 Å². The number of fused-ring (bicyclic) bond motifs is 2. The summed E-state index contributed by atoms with van der Waals surface area (Å²) >= 11 is 2.16. The minimum absolute atomic E-state index is 0.192. The van der Waals surface area contributed by atoms with E-state index in [0.29, 0.717) is 5.69 Å². The summed E-state index contributed by atoms with van der Waals surface area (Å²) in [7, 11) is 2.16. The maximum Gasteiger partial charge on any atom is 0.153 e. The minimum Gasteiger partial charge on any atom is -0.362 e. The van der Waals surface area contributed by atoms with Gasteiger partial charge in [0.2, 0.25) is 0 Å². The number of nitriles is 1. The largest absolute Gasteiger partial charge is 0.362 e. The van der Waals surface area contributed by atoms with Gasteiger partial charge in [-0.3, -0.25) is 0 Å². The smallest absolute Gasteiger partial charge is 0.153 e. The molecule has 0 amide bonds. The van der Waals surface area contributed by atoms with Crippen LogP contribution in [-0.4, -0.2) is 40.7 Å². The fourth-order valence-electron chi connectivity index (χ4n) is 3.81. The lowest BCUT2D eigenvalue weighted by molar-refractivity contribution is -0.0276. The molecule has 1 atom stereocenters. The number of hydrogen-bond donors (Lipinski definition) is 0. The van der Waals surface area contributed by atoms with Crippen LogP contribution < -0.4 is 0 Å². The minimum atomic E-state index is -0.192. The van der Waals surface area contributed by atoms with Crippen LogP contribution in [0.5, 0.6) is 0 Å². The molecule has 2 aliphatic rings. The summed E-state index contributed by atoms with van der Waals surface area (Å²) in [6.45, 7) is 2.90. The van der Waals surface area contributed by atoms with E-state index in [9.17, 15) is 5.26 Å². The first-order valence-corrected chi connectivity index (χ1v) is 9.83. The summed E-state index contributed by atoms with van der Waals surface area (Å²) in [6, 6.07) is 10.8. The SMILES string of the molecule is CN1CCC(OC2c3ccccc3CCn3c2nc(I)c3C#N)CC1. The summed E-state index contributed by atoms with van der Waals surface area (Å²) in [4.78, 5) is 7.08. The van der Waals surface area contributed by atoms with Crippen LogP contribution in [0.4, 0.5) is 0 Å². The Hall–Kier alpha value is -1.43. The maximum absolute atomic E-state index is 9.55. The maximum atomic E-state index is 9.55. The number of aryl methyl sites for hydroxylation is 1. The van der Waals surface area contributed by atoms with E-state index in [1.54, 1.807) is 0 Å². The monoisotopic (exact) mass is 448 g/mol. The Morgan fingerprint density at radius 1 is 1.24 bits per heavy atom. The molecule has 0 spiro atoms. The lowest BCUT2D eigenvalue weighted by Crippen LogP contribution is -2.35. The molecule has 5 nitrogen and oxygen atoms in total. The molecular formula is C19H21IN4O. The third kappa shape index (κ3) is 3.21. The first-order chi connectivity index (χ1) is 12.2. The van der Waals surface area contributed by atoms with Gasteiger partial charge in [0.05, 0.1) is 6.10 Å². The standard InChI is InChI=1S/C19H21IN4O/c1-23-9-7-14(8-10-23)25-17-15-5-3-2-4-13(15)6-11-24-16(12-21)18(20)22-19(17)24/h2-5,14,17H,6-11H2,1H3. The van der Waals surface area contributed by atoms with E-state index in [1.807, 2.05) is 0 Å². The van der Waals surface area contributed by atoms with Gasteiger partial charge >= 0.3 is 0 Å². The topological polar surface area (TPSA) is 54.1 Å². The van der Waals surface area contributed by atoms with E-state index in [4.69, 9.17) is 9.72 Å². The molecule has 6 heteroatoms. The molecule has 1 aromatic carbocycles. The Morgan fingerprint density at radius 3 is 2.76 bits per heavy atom. The summed E-state index contributed by atoms with van der Waals surface area (Å²) in [5.74, 6) is 0.879. The lowest BCUT2D eigenvalue weighted by atomic mass is 10.00. The molecule has 0 saturated carbocycles. The van der Waals surface area contributed by atoms with Crippen molar-refractivity contribution in [3.05, 3.63) is 50.6 Å². The molecule has 0 aliphatic carbocycles. The Labute approximate surface area is 161 Å². The van der Waals surface area contributed by atoms with E-state index >= 15 is 0 Å². The molecule has 130 valence electrons. The Morgan fingerprint density at radius 2 is 2.00 bits per heavy atom. The van der Waals surface area contributed by atoms with Gasteiger partial charge in [0.25, 0.3) is 0 Å². The quantitative estimate of drug-likeness (QED) is 0.663. The number of ether oxygens (including phenoxy) is 1. The Balaban J connectivity index is 1.74. The van der Waals surface area contributed by atoms with Gasteiger partial charge in [-0.15, -0.1) is 0 Å². The predicted molar refractivity (Wildman–Crippen MR) is 103 cm³/mol.